The van der Waals surface area contributed by atoms with E-state index in [1.54, 1.807) is 6.33 Å². The van der Waals surface area contributed by atoms with Gasteiger partial charge in [0.15, 0.2) is 0 Å². The van der Waals surface area contributed by atoms with E-state index in [9.17, 15) is 9.90 Å². The zero-order valence-corrected chi connectivity index (χ0v) is 12.7. The van der Waals surface area contributed by atoms with Crippen LogP contribution in [0.3, 0.4) is 0 Å². The average Bonchev–Trinajstić information content (AvgIpc) is 2.87. The molecule has 0 aromatic carbocycles. The van der Waals surface area contributed by atoms with Gasteiger partial charge in [-0.15, -0.1) is 0 Å². The second-order valence-electron chi connectivity index (χ2n) is 6.56. The average molecular weight is 289 g/mol. The van der Waals surface area contributed by atoms with E-state index in [2.05, 4.69) is 28.7 Å². The molecule has 1 saturated heterocycles. The van der Waals surface area contributed by atoms with Crippen LogP contribution in [-0.2, 0) is 4.79 Å². The van der Waals surface area contributed by atoms with Gasteiger partial charge in [-0.25, -0.2) is 14.8 Å². The van der Waals surface area contributed by atoms with Crippen molar-refractivity contribution < 1.29 is 9.90 Å². The monoisotopic (exact) mass is 289 g/mol. The summed E-state index contributed by atoms with van der Waals surface area (Å²) < 4.78 is 0. The summed E-state index contributed by atoms with van der Waals surface area (Å²) in [6, 6.07) is 1.86. The van der Waals surface area contributed by atoms with Crippen LogP contribution in [0.25, 0.3) is 0 Å². The highest BCUT2D eigenvalue weighted by Gasteiger charge is 2.45. The molecule has 1 aromatic rings. The fraction of sp³-hybridized carbons (Fsp3) is 0.688. The molecule has 5 nitrogen and oxygen atoms in total. The number of carboxylic acid groups (broad SMARTS) is 1. The third kappa shape index (κ3) is 2.61. The van der Waals surface area contributed by atoms with Crippen molar-refractivity contribution in [2.24, 2.45) is 5.92 Å². The molecule has 1 saturated carbocycles. The van der Waals surface area contributed by atoms with Gasteiger partial charge in [0.05, 0.1) is 0 Å². The highest BCUT2D eigenvalue weighted by atomic mass is 16.4. The molecule has 1 N–H and O–H groups in total. The van der Waals surface area contributed by atoms with Gasteiger partial charge in [0, 0.05) is 17.8 Å². The number of nitrogens with zero attached hydrogens (tertiary/aromatic N) is 3. The van der Waals surface area contributed by atoms with Gasteiger partial charge in [-0.1, -0.05) is 26.7 Å². The zero-order valence-electron chi connectivity index (χ0n) is 12.7. The molecular formula is C16H23N3O2. The van der Waals surface area contributed by atoms with Crippen LogP contribution in [0.2, 0.25) is 0 Å². The largest absolute Gasteiger partial charge is 0.480 e. The summed E-state index contributed by atoms with van der Waals surface area (Å²) in [6.07, 6.45) is 6.96. The minimum atomic E-state index is -0.728. The first kappa shape index (κ1) is 14.3. The van der Waals surface area contributed by atoms with Gasteiger partial charge in [-0.05, 0) is 31.1 Å². The van der Waals surface area contributed by atoms with Crippen molar-refractivity contribution in [1.82, 2.24) is 9.97 Å². The number of carbonyl (C=O) groups is 1. The van der Waals surface area contributed by atoms with Crippen molar-refractivity contribution in [3.05, 3.63) is 18.1 Å². The third-order valence-electron chi connectivity index (χ3n) is 4.90. The standard InChI is InChI=1S/C16H23N3O2/c1-10(2)12-8-15(18-9-17-12)19-13-6-4-3-5-11(13)7-14(19)16(20)21/h8-11,13-14H,3-7H2,1-2H3,(H,20,21). The van der Waals surface area contributed by atoms with Crippen molar-refractivity contribution >= 4 is 11.8 Å². The lowest BCUT2D eigenvalue weighted by Gasteiger charge is -2.33. The Bertz CT molecular complexity index is 532. The zero-order chi connectivity index (χ0) is 15.0. The van der Waals surface area contributed by atoms with Gasteiger partial charge < -0.3 is 10.0 Å². The van der Waals surface area contributed by atoms with E-state index >= 15 is 0 Å². The number of anilines is 1. The molecule has 2 aliphatic rings. The molecule has 0 radical (unpaired) electrons. The Hall–Kier alpha value is -1.65. The number of aliphatic carboxylic acids is 1. The van der Waals surface area contributed by atoms with E-state index in [0.717, 1.165) is 30.8 Å². The normalized spacial score (nSPS) is 28.7. The molecule has 1 aromatic heterocycles. The second-order valence-corrected chi connectivity index (χ2v) is 6.56. The SMILES string of the molecule is CC(C)c1cc(N2C(C(=O)O)CC3CCCCC32)ncn1. The summed E-state index contributed by atoms with van der Waals surface area (Å²) in [7, 11) is 0. The number of fused-ring (bicyclic) bond motifs is 1. The molecule has 1 aliphatic carbocycles. The van der Waals surface area contributed by atoms with Crippen LogP contribution in [0.15, 0.2) is 12.4 Å². The van der Waals surface area contributed by atoms with Crippen LogP contribution in [0.4, 0.5) is 5.82 Å². The molecule has 114 valence electrons. The molecular weight excluding hydrogens is 266 g/mol. The van der Waals surface area contributed by atoms with E-state index in [-0.39, 0.29) is 0 Å². The topological polar surface area (TPSA) is 66.3 Å². The van der Waals surface area contributed by atoms with Crippen LogP contribution >= 0.6 is 0 Å². The summed E-state index contributed by atoms with van der Waals surface area (Å²) in [5.41, 5.74) is 0.975. The van der Waals surface area contributed by atoms with Crippen LogP contribution in [0.5, 0.6) is 0 Å². The van der Waals surface area contributed by atoms with Gasteiger partial charge in [0.2, 0.25) is 0 Å². The quantitative estimate of drug-likeness (QED) is 0.926. The lowest BCUT2D eigenvalue weighted by Crippen LogP contribution is -2.43. The minimum Gasteiger partial charge on any atom is -0.480 e. The highest BCUT2D eigenvalue weighted by Crippen LogP contribution is 2.41. The van der Waals surface area contributed by atoms with E-state index in [1.807, 2.05) is 6.07 Å². The van der Waals surface area contributed by atoms with Crippen molar-refractivity contribution in [3.8, 4) is 0 Å². The lowest BCUT2D eigenvalue weighted by molar-refractivity contribution is -0.138. The number of aromatic nitrogens is 2. The number of rotatable bonds is 3. The predicted molar refractivity (Wildman–Crippen MR) is 80.4 cm³/mol. The van der Waals surface area contributed by atoms with Gasteiger partial charge in [0.25, 0.3) is 0 Å². The Morgan fingerprint density at radius 1 is 1.33 bits per heavy atom. The molecule has 3 rings (SSSR count). The molecule has 0 bridgehead atoms. The maximum atomic E-state index is 11.7. The van der Waals surface area contributed by atoms with Crippen molar-refractivity contribution in [2.45, 2.75) is 64.0 Å². The van der Waals surface area contributed by atoms with E-state index in [0.29, 0.717) is 17.9 Å². The number of carboxylic acids is 1. The lowest BCUT2D eigenvalue weighted by atomic mass is 9.85. The molecule has 1 aliphatic heterocycles. The molecule has 5 heteroatoms. The second kappa shape index (κ2) is 5.62. The first-order valence-electron chi connectivity index (χ1n) is 7.91. The Balaban J connectivity index is 1.96. The maximum absolute atomic E-state index is 11.7. The van der Waals surface area contributed by atoms with Crippen molar-refractivity contribution in [3.63, 3.8) is 0 Å². The summed E-state index contributed by atoms with van der Waals surface area (Å²) in [4.78, 5) is 22.4. The molecule has 2 heterocycles. The van der Waals surface area contributed by atoms with E-state index in [1.165, 1.54) is 12.8 Å². The Labute approximate surface area is 125 Å². The molecule has 2 fully saturated rings. The van der Waals surface area contributed by atoms with Crippen LogP contribution in [0, 0.1) is 5.92 Å². The molecule has 3 unspecified atom stereocenters. The summed E-state index contributed by atoms with van der Waals surface area (Å²) in [5.74, 6) is 0.877. The Morgan fingerprint density at radius 3 is 2.81 bits per heavy atom. The summed E-state index contributed by atoms with van der Waals surface area (Å²) in [6.45, 7) is 4.18. The summed E-state index contributed by atoms with van der Waals surface area (Å²) in [5, 5.41) is 9.59. The van der Waals surface area contributed by atoms with E-state index in [4.69, 9.17) is 0 Å². The fourth-order valence-corrected chi connectivity index (χ4v) is 3.83. The van der Waals surface area contributed by atoms with Gasteiger partial charge in [-0.2, -0.15) is 0 Å². The fourth-order valence-electron chi connectivity index (χ4n) is 3.83. The smallest absolute Gasteiger partial charge is 0.326 e. The van der Waals surface area contributed by atoms with Crippen LogP contribution in [0.1, 0.15) is 57.6 Å². The molecule has 21 heavy (non-hydrogen) atoms. The first-order chi connectivity index (χ1) is 10.1. The Morgan fingerprint density at radius 2 is 2.10 bits per heavy atom. The van der Waals surface area contributed by atoms with Crippen LogP contribution in [-0.4, -0.2) is 33.1 Å². The first-order valence-corrected chi connectivity index (χ1v) is 7.91. The Kier molecular flexibility index (Phi) is 3.83. The third-order valence-corrected chi connectivity index (χ3v) is 4.90. The van der Waals surface area contributed by atoms with Crippen LogP contribution < -0.4 is 4.90 Å². The minimum absolute atomic E-state index is 0.319. The van der Waals surface area contributed by atoms with E-state index < -0.39 is 12.0 Å². The summed E-state index contributed by atoms with van der Waals surface area (Å²) >= 11 is 0. The number of hydrogen-bond acceptors (Lipinski definition) is 4. The molecule has 3 atom stereocenters. The highest BCUT2D eigenvalue weighted by molar-refractivity contribution is 5.79. The predicted octanol–water partition coefficient (Wildman–Crippen LogP) is 2.82. The number of hydrogen-bond donors (Lipinski definition) is 1. The van der Waals surface area contributed by atoms with Gasteiger partial charge in [-0.3, -0.25) is 0 Å². The van der Waals surface area contributed by atoms with Crippen molar-refractivity contribution in [1.29, 1.82) is 0 Å². The van der Waals surface area contributed by atoms with Gasteiger partial charge >= 0.3 is 5.97 Å². The van der Waals surface area contributed by atoms with Crippen molar-refractivity contribution in [2.75, 3.05) is 4.90 Å². The molecule has 0 amide bonds. The maximum Gasteiger partial charge on any atom is 0.326 e. The molecule has 0 spiro atoms. The van der Waals surface area contributed by atoms with Gasteiger partial charge in [0.1, 0.15) is 18.2 Å².